The fraction of sp³-hybridized carbons (Fsp3) is 0.727. The Morgan fingerprint density at radius 3 is 2.89 bits per heavy atom. The molecule has 0 spiro atoms. The number of hydrogen-bond donors (Lipinski definition) is 1. The molecule has 2 heterocycles. The van der Waals surface area contributed by atoms with Crippen LogP contribution in [0.2, 0.25) is 0 Å². The molecular weight excluding hydrogens is 252 g/mol. The van der Waals surface area contributed by atoms with Crippen molar-refractivity contribution in [1.82, 2.24) is 14.5 Å². The summed E-state index contributed by atoms with van der Waals surface area (Å²) in [5.41, 5.74) is 1.09. The van der Waals surface area contributed by atoms with Gasteiger partial charge in [-0.25, -0.2) is 18.5 Å². The number of nitrogens with zero attached hydrogens (tertiary/aromatic N) is 3. The Hall–Kier alpha value is -0.920. The van der Waals surface area contributed by atoms with Crippen LogP contribution in [0.1, 0.15) is 25.0 Å². The fourth-order valence-electron chi connectivity index (χ4n) is 2.47. The second-order valence-electron chi connectivity index (χ2n) is 4.95. The van der Waals surface area contributed by atoms with Crippen LogP contribution in [0.3, 0.4) is 0 Å². The Labute approximate surface area is 108 Å². The normalized spacial score (nSPS) is 22.2. The Morgan fingerprint density at radius 1 is 1.50 bits per heavy atom. The lowest BCUT2D eigenvalue weighted by atomic mass is 10.0. The summed E-state index contributed by atoms with van der Waals surface area (Å²) in [6.07, 6.45) is 6.66. The number of aromatic nitrogens is 2. The first-order valence-corrected chi connectivity index (χ1v) is 7.87. The molecule has 0 aromatic carbocycles. The molecule has 7 heteroatoms. The summed E-state index contributed by atoms with van der Waals surface area (Å²) in [4.78, 5) is 6.28. The van der Waals surface area contributed by atoms with Crippen LogP contribution >= 0.6 is 0 Å². The summed E-state index contributed by atoms with van der Waals surface area (Å²) in [6, 6.07) is 0.0312. The first-order chi connectivity index (χ1) is 8.46. The number of sulfonamides is 1. The third-order valence-corrected chi connectivity index (χ3v) is 4.30. The van der Waals surface area contributed by atoms with Crippen LogP contribution in [0.15, 0.2) is 12.5 Å². The third kappa shape index (κ3) is 3.54. The number of likely N-dealkylation sites (tertiary alicyclic amines) is 1. The highest BCUT2D eigenvalue weighted by Crippen LogP contribution is 2.20. The van der Waals surface area contributed by atoms with Crippen LogP contribution in [-0.2, 0) is 23.6 Å². The molecule has 102 valence electrons. The predicted molar refractivity (Wildman–Crippen MR) is 69.2 cm³/mol. The van der Waals surface area contributed by atoms with Gasteiger partial charge < -0.3 is 4.57 Å². The lowest BCUT2D eigenvalue weighted by molar-refractivity contribution is 0.151. The van der Waals surface area contributed by atoms with E-state index in [4.69, 9.17) is 5.14 Å². The van der Waals surface area contributed by atoms with E-state index in [1.165, 1.54) is 0 Å². The molecule has 0 aliphatic carbocycles. The van der Waals surface area contributed by atoms with E-state index in [1.807, 2.05) is 17.8 Å². The van der Waals surface area contributed by atoms with Gasteiger partial charge in [0.05, 0.1) is 17.8 Å². The van der Waals surface area contributed by atoms with E-state index in [-0.39, 0.29) is 11.8 Å². The molecule has 0 radical (unpaired) electrons. The number of rotatable bonds is 4. The average Bonchev–Trinajstić information content (AvgIpc) is 2.65. The molecule has 0 amide bonds. The van der Waals surface area contributed by atoms with Gasteiger partial charge in [-0.1, -0.05) is 6.42 Å². The lowest BCUT2D eigenvalue weighted by Gasteiger charge is -2.35. The highest BCUT2D eigenvalue weighted by molar-refractivity contribution is 7.89. The highest BCUT2D eigenvalue weighted by Gasteiger charge is 2.26. The van der Waals surface area contributed by atoms with Gasteiger partial charge in [0.25, 0.3) is 0 Å². The monoisotopic (exact) mass is 272 g/mol. The molecule has 1 aromatic rings. The second-order valence-corrected chi connectivity index (χ2v) is 6.60. The molecule has 1 saturated heterocycles. The molecule has 2 N–H and O–H groups in total. The van der Waals surface area contributed by atoms with E-state index >= 15 is 0 Å². The molecule has 18 heavy (non-hydrogen) atoms. The van der Waals surface area contributed by atoms with Crippen LogP contribution < -0.4 is 5.14 Å². The zero-order chi connectivity index (χ0) is 13.2. The van der Waals surface area contributed by atoms with E-state index in [1.54, 1.807) is 6.33 Å². The van der Waals surface area contributed by atoms with Crippen LogP contribution in [0.25, 0.3) is 0 Å². The van der Waals surface area contributed by atoms with E-state index < -0.39 is 10.0 Å². The van der Waals surface area contributed by atoms with Crippen LogP contribution in [-0.4, -0.2) is 41.2 Å². The molecule has 1 aliphatic heterocycles. The van der Waals surface area contributed by atoms with Gasteiger partial charge in [-0.05, 0) is 19.4 Å². The number of imidazole rings is 1. The second kappa shape index (κ2) is 5.38. The van der Waals surface area contributed by atoms with Crippen molar-refractivity contribution in [1.29, 1.82) is 0 Å². The molecule has 1 fully saturated rings. The third-order valence-electron chi connectivity index (χ3n) is 3.46. The number of piperidine rings is 1. The van der Waals surface area contributed by atoms with E-state index in [2.05, 4.69) is 9.88 Å². The van der Waals surface area contributed by atoms with Crippen molar-refractivity contribution in [2.75, 3.05) is 12.3 Å². The molecule has 1 atom stereocenters. The maximum atomic E-state index is 11.2. The summed E-state index contributed by atoms with van der Waals surface area (Å²) in [7, 11) is -1.46. The van der Waals surface area contributed by atoms with Gasteiger partial charge in [0.1, 0.15) is 0 Å². The van der Waals surface area contributed by atoms with Gasteiger partial charge in [0, 0.05) is 25.8 Å². The minimum atomic E-state index is -3.41. The molecule has 6 nitrogen and oxygen atoms in total. The predicted octanol–water partition coefficient (Wildman–Crippen LogP) is 0.0631. The van der Waals surface area contributed by atoms with Gasteiger partial charge in [-0.3, -0.25) is 4.90 Å². The summed E-state index contributed by atoms with van der Waals surface area (Å²) >= 11 is 0. The molecule has 0 bridgehead atoms. The summed E-state index contributed by atoms with van der Waals surface area (Å²) in [5, 5.41) is 5.16. The summed E-state index contributed by atoms with van der Waals surface area (Å²) in [5.74, 6) is 0.0465. The standard InChI is InChI=1S/C11H20N4O2S/c1-14-9-13-6-11(14)7-15-5-3-2-4-10(15)8-18(12,16)17/h6,9-10H,2-5,7-8H2,1H3,(H2,12,16,17). The molecule has 0 saturated carbocycles. The van der Waals surface area contributed by atoms with E-state index in [9.17, 15) is 8.42 Å². The van der Waals surface area contributed by atoms with Crippen molar-refractivity contribution < 1.29 is 8.42 Å². The topological polar surface area (TPSA) is 81.2 Å². The van der Waals surface area contributed by atoms with Crippen molar-refractivity contribution in [3.63, 3.8) is 0 Å². The van der Waals surface area contributed by atoms with Gasteiger partial charge in [0.2, 0.25) is 10.0 Å². The zero-order valence-electron chi connectivity index (χ0n) is 10.6. The maximum absolute atomic E-state index is 11.2. The summed E-state index contributed by atoms with van der Waals surface area (Å²) in [6.45, 7) is 1.65. The number of primary sulfonamides is 1. The van der Waals surface area contributed by atoms with Gasteiger partial charge in [-0.2, -0.15) is 0 Å². The van der Waals surface area contributed by atoms with Crippen LogP contribution in [0, 0.1) is 0 Å². The molecule has 2 rings (SSSR count). The quantitative estimate of drug-likeness (QED) is 0.840. The minimum Gasteiger partial charge on any atom is -0.337 e. The van der Waals surface area contributed by atoms with Gasteiger partial charge >= 0.3 is 0 Å². The summed E-state index contributed by atoms with van der Waals surface area (Å²) < 4.78 is 24.5. The maximum Gasteiger partial charge on any atom is 0.210 e. The minimum absolute atomic E-state index is 0.0312. The Kier molecular flexibility index (Phi) is 4.04. The van der Waals surface area contributed by atoms with Crippen LogP contribution in [0.4, 0.5) is 0 Å². The van der Waals surface area contributed by atoms with E-state index in [0.29, 0.717) is 0 Å². The Morgan fingerprint density at radius 2 is 2.28 bits per heavy atom. The van der Waals surface area contributed by atoms with Crippen molar-refractivity contribution in [3.8, 4) is 0 Å². The highest BCUT2D eigenvalue weighted by atomic mass is 32.2. The average molecular weight is 272 g/mol. The first kappa shape index (κ1) is 13.5. The smallest absolute Gasteiger partial charge is 0.210 e. The van der Waals surface area contributed by atoms with Crippen LogP contribution in [0.5, 0.6) is 0 Å². The largest absolute Gasteiger partial charge is 0.337 e. The van der Waals surface area contributed by atoms with Crippen molar-refractivity contribution in [2.24, 2.45) is 12.2 Å². The van der Waals surface area contributed by atoms with Crippen molar-refractivity contribution in [2.45, 2.75) is 31.8 Å². The van der Waals surface area contributed by atoms with Crippen molar-refractivity contribution >= 4 is 10.0 Å². The van der Waals surface area contributed by atoms with Gasteiger partial charge in [-0.15, -0.1) is 0 Å². The molecular formula is C11H20N4O2S. The molecule has 1 aliphatic rings. The van der Waals surface area contributed by atoms with Gasteiger partial charge in [0.15, 0.2) is 0 Å². The Bertz CT molecular complexity index is 497. The molecule has 1 aromatic heterocycles. The number of nitrogens with two attached hydrogens (primary N) is 1. The first-order valence-electron chi connectivity index (χ1n) is 6.15. The fourth-order valence-corrected chi connectivity index (χ4v) is 3.38. The van der Waals surface area contributed by atoms with Crippen molar-refractivity contribution in [3.05, 3.63) is 18.2 Å². The zero-order valence-corrected chi connectivity index (χ0v) is 11.4. The molecule has 1 unspecified atom stereocenters. The SMILES string of the molecule is Cn1cncc1CN1CCCCC1CS(N)(=O)=O. The lowest BCUT2D eigenvalue weighted by Crippen LogP contribution is -2.44. The number of hydrogen-bond acceptors (Lipinski definition) is 4. The Balaban J connectivity index is 2.06. The van der Waals surface area contributed by atoms with E-state index in [0.717, 1.165) is 38.0 Å². The number of aryl methyl sites for hydroxylation is 1.